The first-order valence-electron chi connectivity index (χ1n) is 7.56. The highest BCUT2D eigenvalue weighted by atomic mass is 32.2. The zero-order chi connectivity index (χ0) is 16.7. The van der Waals surface area contributed by atoms with Crippen LogP contribution in [0.3, 0.4) is 0 Å². The number of carbonyl (C=O) groups excluding carboxylic acids is 2. The Hall–Kier alpha value is -1.49. The lowest BCUT2D eigenvalue weighted by Crippen LogP contribution is -2.49. The maximum absolute atomic E-state index is 12.1. The van der Waals surface area contributed by atoms with Gasteiger partial charge in [0.25, 0.3) is 0 Å². The molecule has 0 aliphatic rings. The van der Waals surface area contributed by atoms with Gasteiger partial charge >= 0.3 is 0 Å². The fourth-order valence-corrected chi connectivity index (χ4v) is 2.87. The highest BCUT2D eigenvalue weighted by Gasteiger charge is 2.22. The van der Waals surface area contributed by atoms with Crippen LogP contribution in [0.5, 0.6) is 0 Å². The van der Waals surface area contributed by atoms with Gasteiger partial charge in [0.15, 0.2) is 0 Å². The summed E-state index contributed by atoms with van der Waals surface area (Å²) in [7, 11) is 0. The number of thioether (sulfide) groups is 1. The number of nitrogens with one attached hydrogen (secondary N) is 2. The van der Waals surface area contributed by atoms with Crippen molar-refractivity contribution < 1.29 is 9.59 Å². The third-order valence-electron chi connectivity index (χ3n) is 3.46. The van der Waals surface area contributed by atoms with Crippen LogP contribution in [0.1, 0.15) is 31.9 Å². The van der Waals surface area contributed by atoms with Gasteiger partial charge in [-0.2, -0.15) is 0 Å². The summed E-state index contributed by atoms with van der Waals surface area (Å²) in [5, 5.41) is 5.58. The summed E-state index contributed by atoms with van der Waals surface area (Å²) in [5.74, 6) is 0.569. The van der Waals surface area contributed by atoms with E-state index in [0.29, 0.717) is 6.54 Å². The molecule has 0 heterocycles. The average Bonchev–Trinajstić information content (AvgIpc) is 2.44. The Kier molecular flexibility index (Phi) is 7.45. The Morgan fingerprint density at radius 2 is 1.86 bits per heavy atom. The van der Waals surface area contributed by atoms with Gasteiger partial charge in [0.1, 0.15) is 6.04 Å². The second kappa shape index (κ2) is 8.83. The SMILES string of the molecule is CC(=O)NC(C(=O)NCCSc1ccc(C)c(C)c1)C(C)C. The molecule has 0 aliphatic heterocycles. The maximum Gasteiger partial charge on any atom is 0.242 e. The van der Waals surface area contributed by atoms with Crippen LogP contribution in [0.15, 0.2) is 23.1 Å². The molecule has 22 heavy (non-hydrogen) atoms. The lowest BCUT2D eigenvalue weighted by Gasteiger charge is -2.20. The normalized spacial score (nSPS) is 12.1. The minimum Gasteiger partial charge on any atom is -0.353 e. The van der Waals surface area contributed by atoms with Crippen LogP contribution in [0.2, 0.25) is 0 Å². The van der Waals surface area contributed by atoms with Gasteiger partial charge in [0, 0.05) is 24.1 Å². The molecule has 1 unspecified atom stereocenters. The predicted octanol–water partition coefficient (Wildman–Crippen LogP) is 2.67. The van der Waals surface area contributed by atoms with Crippen molar-refractivity contribution in [3.63, 3.8) is 0 Å². The second-order valence-electron chi connectivity index (χ2n) is 5.81. The van der Waals surface area contributed by atoms with E-state index in [-0.39, 0.29) is 17.7 Å². The van der Waals surface area contributed by atoms with Crippen LogP contribution in [0.25, 0.3) is 0 Å². The molecule has 1 aromatic carbocycles. The van der Waals surface area contributed by atoms with Crippen molar-refractivity contribution >= 4 is 23.6 Å². The lowest BCUT2D eigenvalue weighted by molar-refractivity contribution is -0.129. The molecule has 2 N–H and O–H groups in total. The molecule has 5 heteroatoms. The molecule has 122 valence electrons. The molecule has 0 saturated carbocycles. The first-order valence-corrected chi connectivity index (χ1v) is 8.54. The zero-order valence-electron chi connectivity index (χ0n) is 14.0. The number of aryl methyl sites for hydroxylation is 2. The second-order valence-corrected chi connectivity index (χ2v) is 6.98. The van der Waals surface area contributed by atoms with Crippen LogP contribution >= 0.6 is 11.8 Å². The molecule has 0 spiro atoms. The molecule has 0 fully saturated rings. The van der Waals surface area contributed by atoms with E-state index >= 15 is 0 Å². The lowest BCUT2D eigenvalue weighted by atomic mass is 10.0. The van der Waals surface area contributed by atoms with Crippen LogP contribution in [0, 0.1) is 19.8 Å². The van der Waals surface area contributed by atoms with E-state index in [2.05, 4.69) is 42.7 Å². The Morgan fingerprint density at radius 3 is 2.41 bits per heavy atom. The number of amides is 2. The molecule has 0 aliphatic carbocycles. The van der Waals surface area contributed by atoms with Crippen molar-refractivity contribution in [1.29, 1.82) is 0 Å². The van der Waals surface area contributed by atoms with E-state index in [1.165, 1.54) is 22.9 Å². The van der Waals surface area contributed by atoms with E-state index in [9.17, 15) is 9.59 Å². The van der Waals surface area contributed by atoms with Crippen molar-refractivity contribution in [1.82, 2.24) is 10.6 Å². The van der Waals surface area contributed by atoms with Gasteiger partial charge in [-0.15, -0.1) is 11.8 Å². The van der Waals surface area contributed by atoms with E-state index in [0.717, 1.165) is 5.75 Å². The molecule has 1 aromatic rings. The van der Waals surface area contributed by atoms with Crippen molar-refractivity contribution in [3.05, 3.63) is 29.3 Å². The van der Waals surface area contributed by atoms with Gasteiger partial charge < -0.3 is 10.6 Å². The van der Waals surface area contributed by atoms with Crippen LogP contribution < -0.4 is 10.6 Å². The number of benzene rings is 1. The molecule has 1 atom stereocenters. The molecular formula is C17H26N2O2S. The van der Waals surface area contributed by atoms with Gasteiger partial charge in [-0.05, 0) is 43.0 Å². The number of hydrogen-bond acceptors (Lipinski definition) is 3. The van der Waals surface area contributed by atoms with Crippen molar-refractivity contribution in [2.45, 2.75) is 45.6 Å². The predicted molar refractivity (Wildman–Crippen MR) is 92.1 cm³/mol. The van der Waals surface area contributed by atoms with Crippen molar-refractivity contribution in [2.75, 3.05) is 12.3 Å². The monoisotopic (exact) mass is 322 g/mol. The van der Waals surface area contributed by atoms with Gasteiger partial charge in [0.05, 0.1) is 0 Å². The fraction of sp³-hybridized carbons (Fsp3) is 0.529. The highest BCUT2D eigenvalue weighted by Crippen LogP contribution is 2.20. The quantitative estimate of drug-likeness (QED) is 0.599. The first-order chi connectivity index (χ1) is 10.3. The summed E-state index contributed by atoms with van der Waals surface area (Å²) < 4.78 is 0. The summed E-state index contributed by atoms with van der Waals surface area (Å²) in [6.45, 7) is 10.0. The Morgan fingerprint density at radius 1 is 1.18 bits per heavy atom. The van der Waals surface area contributed by atoms with Crippen LogP contribution in [-0.2, 0) is 9.59 Å². The molecule has 0 radical (unpaired) electrons. The fourth-order valence-electron chi connectivity index (χ4n) is 2.01. The molecule has 1 rings (SSSR count). The summed E-state index contributed by atoms with van der Waals surface area (Å²) in [4.78, 5) is 24.4. The minimum atomic E-state index is -0.468. The number of carbonyl (C=O) groups is 2. The van der Waals surface area contributed by atoms with Gasteiger partial charge in [-0.25, -0.2) is 0 Å². The molecule has 4 nitrogen and oxygen atoms in total. The van der Waals surface area contributed by atoms with Gasteiger partial charge in [0.2, 0.25) is 11.8 Å². The van der Waals surface area contributed by atoms with E-state index < -0.39 is 6.04 Å². The topological polar surface area (TPSA) is 58.2 Å². The van der Waals surface area contributed by atoms with E-state index in [4.69, 9.17) is 0 Å². The third-order valence-corrected chi connectivity index (χ3v) is 4.45. The third kappa shape index (κ3) is 6.10. The summed E-state index contributed by atoms with van der Waals surface area (Å²) in [5.41, 5.74) is 2.56. The van der Waals surface area contributed by atoms with Crippen molar-refractivity contribution in [2.24, 2.45) is 5.92 Å². The van der Waals surface area contributed by atoms with Gasteiger partial charge in [-0.3, -0.25) is 9.59 Å². The summed E-state index contributed by atoms with van der Waals surface area (Å²) >= 11 is 1.72. The smallest absolute Gasteiger partial charge is 0.242 e. The van der Waals surface area contributed by atoms with Crippen LogP contribution in [-0.4, -0.2) is 30.2 Å². The van der Waals surface area contributed by atoms with E-state index in [1.807, 2.05) is 13.8 Å². The first kappa shape index (κ1) is 18.6. The summed E-state index contributed by atoms with van der Waals surface area (Å²) in [6.07, 6.45) is 0. The molecular weight excluding hydrogens is 296 g/mol. The Bertz CT molecular complexity index is 529. The minimum absolute atomic E-state index is 0.0660. The maximum atomic E-state index is 12.1. The molecule has 0 aromatic heterocycles. The van der Waals surface area contributed by atoms with Crippen LogP contribution in [0.4, 0.5) is 0 Å². The molecule has 0 saturated heterocycles. The summed E-state index contributed by atoms with van der Waals surface area (Å²) in [6, 6.07) is 5.91. The average molecular weight is 322 g/mol. The van der Waals surface area contributed by atoms with Crippen molar-refractivity contribution in [3.8, 4) is 0 Å². The van der Waals surface area contributed by atoms with E-state index in [1.54, 1.807) is 11.8 Å². The zero-order valence-corrected chi connectivity index (χ0v) is 14.8. The highest BCUT2D eigenvalue weighted by molar-refractivity contribution is 7.99. The largest absolute Gasteiger partial charge is 0.353 e. The Labute approximate surface area is 137 Å². The van der Waals surface area contributed by atoms with Gasteiger partial charge in [-0.1, -0.05) is 19.9 Å². The standard InChI is InChI=1S/C17H26N2O2S/c1-11(2)16(19-14(5)20)17(21)18-8-9-22-15-7-6-12(3)13(4)10-15/h6-7,10-11,16H,8-9H2,1-5H3,(H,18,21)(H,19,20). The molecule has 2 amide bonds. The Balaban J connectivity index is 2.40. The number of rotatable bonds is 7. The number of hydrogen-bond donors (Lipinski definition) is 2. The molecule has 0 bridgehead atoms.